The number of urea groups is 1. The molecule has 2 aliphatic rings. The number of carbonyl (C=O) groups is 2. The van der Waals surface area contributed by atoms with Crippen LogP contribution in [0.3, 0.4) is 0 Å². The van der Waals surface area contributed by atoms with Crippen molar-refractivity contribution in [2.75, 3.05) is 0 Å². The molecule has 25 heavy (non-hydrogen) atoms. The Balaban J connectivity index is 1.80. The van der Waals surface area contributed by atoms with Gasteiger partial charge < -0.3 is 14.6 Å². The lowest BCUT2D eigenvalue weighted by Gasteiger charge is -2.32. The van der Waals surface area contributed by atoms with Crippen LogP contribution in [-0.4, -0.2) is 40.7 Å². The molecule has 0 aliphatic carbocycles. The van der Waals surface area contributed by atoms with Crippen molar-refractivity contribution in [1.82, 2.24) is 10.2 Å². The van der Waals surface area contributed by atoms with Crippen LogP contribution in [0.15, 0.2) is 24.3 Å². The number of nitrogens with zero attached hydrogens (tertiary/aromatic N) is 1. The van der Waals surface area contributed by atoms with Crippen LogP contribution in [0.25, 0.3) is 0 Å². The molecule has 0 aromatic heterocycles. The van der Waals surface area contributed by atoms with E-state index < -0.39 is 23.9 Å². The summed E-state index contributed by atoms with van der Waals surface area (Å²) in [6, 6.07) is 7.27. The maximum absolute atomic E-state index is 12.3. The molecule has 6 nitrogen and oxygen atoms in total. The topological polar surface area (TPSA) is 67.9 Å². The fourth-order valence-corrected chi connectivity index (χ4v) is 2.96. The number of carbonyl (C=O) groups excluding carboxylic acids is 2. The Hall–Kier alpha value is -1.86. The van der Waals surface area contributed by atoms with Crippen LogP contribution in [0.2, 0.25) is 0 Å². The second-order valence-corrected chi connectivity index (χ2v) is 8.28. The summed E-state index contributed by atoms with van der Waals surface area (Å²) < 4.78 is 12.1. The minimum Gasteiger partial charge on any atom is -0.399 e. The quantitative estimate of drug-likeness (QED) is 0.671. The third kappa shape index (κ3) is 3.07. The lowest BCUT2D eigenvalue weighted by atomic mass is 9.78. The van der Waals surface area contributed by atoms with Crippen LogP contribution in [0.4, 0.5) is 4.79 Å². The summed E-state index contributed by atoms with van der Waals surface area (Å²) in [5.41, 5.74) is 0.0432. The number of benzene rings is 1. The van der Waals surface area contributed by atoms with E-state index in [1.807, 2.05) is 52.0 Å². The first-order chi connectivity index (χ1) is 11.4. The van der Waals surface area contributed by atoms with E-state index >= 15 is 0 Å². The third-order valence-corrected chi connectivity index (χ3v) is 5.26. The van der Waals surface area contributed by atoms with E-state index in [1.54, 1.807) is 13.8 Å². The fraction of sp³-hybridized carbons (Fsp3) is 0.556. The van der Waals surface area contributed by atoms with Crippen molar-refractivity contribution >= 4 is 24.5 Å². The largest absolute Gasteiger partial charge is 0.494 e. The molecule has 2 fully saturated rings. The molecule has 1 aromatic rings. The Bertz CT molecular complexity index is 714. The van der Waals surface area contributed by atoms with Crippen LogP contribution >= 0.6 is 0 Å². The molecule has 0 radical (unpaired) electrons. The Morgan fingerprint density at radius 3 is 2.16 bits per heavy atom. The average Bonchev–Trinajstić information content (AvgIpc) is 2.82. The van der Waals surface area contributed by atoms with E-state index in [1.165, 1.54) is 4.90 Å². The summed E-state index contributed by atoms with van der Waals surface area (Å²) in [6.07, 6.45) is 0. The molecular formula is C18H25BN2O4. The Labute approximate surface area is 149 Å². The zero-order valence-electron chi connectivity index (χ0n) is 15.7. The maximum Gasteiger partial charge on any atom is 0.494 e. The molecule has 0 unspecified atom stereocenters. The van der Waals surface area contributed by atoms with E-state index in [4.69, 9.17) is 9.31 Å². The maximum atomic E-state index is 12.3. The van der Waals surface area contributed by atoms with Crippen molar-refractivity contribution in [2.24, 2.45) is 0 Å². The van der Waals surface area contributed by atoms with Gasteiger partial charge in [0.15, 0.2) is 0 Å². The lowest BCUT2D eigenvalue weighted by Crippen LogP contribution is -2.41. The summed E-state index contributed by atoms with van der Waals surface area (Å²) in [7, 11) is -0.468. The van der Waals surface area contributed by atoms with Gasteiger partial charge in [-0.15, -0.1) is 0 Å². The van der Waals surface area contributed by atoms with Gasteiger partial charge in [0.25, 0.3) is 5.91 Å². The third-order valence-electron chi connectivity index (χ3n) is 5.26. The standard InChI is InChI=1S/C18H25BN2O4/c1-16(2)14(22)21(15(23)20-16)11-12-8-7-9-13(10-12)19-24-17(3,4)18(5,6)25-19/h7-10H,11H2,1-6H3,(H,20,23). The highest BCUT2D eigenvalue weighted by Crippen LogP contribution is 2.36. The monoisotopic (exact) mass is 344 g/mol. The highest BCUT2D eigenvalue weighted by molar-refractivity contribution is 6.62. The molecule has 1 aromatic carbocycles. The minimum absolute atomic E-state index is 0.224. The molecule has 3 rings (SSSR count). The van der Waals surface area contributed by atoms with Crippen molar-refractivity contribution in [3.8, 4) is 0 Å². The summed E-state index contributed by atoms with van der Waals surface area (Å²) >= 11 is 0. The normalized spacial score (nSPS) is 23.9. The van der Waals surface area contributed by atoms with Gasteiger partial charge in [-0.05, 0) is 52.6 Å². The number of rotatable bonds is 3. The molecule has 2 aliphatic heterocycles. The van der Waals surface area contributed by atoms with Crippen LogP contribution in [0, 0.1) is 0 Å². The second-order valence-electron chi connectivity index (χ2n) is 8.28. The number of hydrogen-bond acceptors (Lipinski definition) is 4. The summed E-state index contributed by atoms with van der Waals surface area (Å²) in [4.78, 5) is 25.6. The molecule has 0 saturated carbocycles. The number of imide groups is 1. The number of nitrogens with one attached hydrogen (secondary N) is 1. The first kappa shape index (κ1) is 18.0. The first-order valence-corrected chi connectivity index (χ1v) is 8.51. The van der Waals surface area contributed by atoms with Crippen molar-refractivity contribution in [3.05, 3.63) is 29.8 Å². The zero-order valence-corrected chi connectivity index (χ0v) is 15.7. The SMILES string of the molecule is CC1(C)NC(=O)N(Cc2cccc(B3OC(C)(C)C(C)(C)O3)c2)C1=O. The molecule has 134 valence electrons. The molecule has 0 bridgehead atoms. The minimum atomic E-state index is -0.861. The van der Waals surface area contributed by atoms with Crippen LogP contribution in [-0.2, 0) is 20.6 Å². The van der Waals surface area contributed by atoms with Crippen molar-refractivity contribution in [1.29, 1.82) is 0 Å². The highest BCUT2D eigenvalue weighted by atomic mass is 16.7. The van der Waals surface area contributed by atoms with E-state index in [-0.39, 0.29) is 18.5 Å². The van der Waals surface area contributed by atoms with E-state index in [0.29, 0.717) is 0 Å². The van der Waals surface area contributed by atoms with Gasteiger partial charge in [-0.1, -0.05) is 24.3 Å². The Morgan fingerprint density at radius 2 is 1.64 bits per heavy atom. The van der Waals surface area contributed by atoms with Crippen molar-refractivity contribution < 1.29 is 18.9 Å². The van der Waals surface area contributed by atoms with Crippen molar-refractivity contribution in [2.45, 2.75) is 64.8 Å². The molecule has 2 heterocycles. The molecule has 3 amide bonds. The number of amides is 3. The fourth-order valence-electron chi connectivity index (χ4n) is 2.96. The van der Waals surface area contributed by atoms with Crippen LogP contribution in [0.1, 0.15) is 47.1 Å². The van der Waals surface area contributed by atoms with Gasteiger partial charge in [0.05, 0.1) is 17.7 Å². The second kappa shape index (κ2) is 5.57. The molecule has 2 saturated heterocycles. The zero-order chi connectivity index (χ0) is 18.6. The van der Waals surface area contributed by atoms with Gasteiger partial charge in [-0.2, -0.15) is 0 Å². The van der Waals surface area contributed by atoms with Crippen molar-refractivity contribution in [3.63, 3.8) is 0 Å². The van der Waals surface area contributed by atoms with Gasteiger partial charge in [-0.3, -0.25) is 9.69 Å². The Morgan fingerprint density at radius 1 is 1.04 bits per heavy atom. The summed E-state index contributed by atoms with van der Waals surface area (Å²) in [5.74, 6) is -0.224. The predicted molar refractivity (Wildman–Crippen MR) is 95.3 cm³/mol. The highest BCUT2D eigenvalue weighted by Gasteiger charge is 2.51. The smallest absolute Gasteiger partial charge is 0.399 e. The predicted octanol–water partition coefficient (Wildman–Crippen LogP) is 1.82. The molecular weight excluding hydrogens is 319 g/mol. The Kier molecular flexibility index (Phi) is 4.00. The van der Waals surface area contributed by atoms with Gasteiger partial charge in [0.1, 0.15) is 5.54 Å². The molecule has 7 heteroatoms. The lowest BCUT2D eigenvalue weighted by molar-refractivity contribution is -0.130. The van der Waals surface area contributed by atoms with Crippen LogP contribution < -0.4 is 10.8 Å². The molecule has 1 N–H and O–H groups in total. The van der Waals surface area contributed by atoms with Gasteiger partial charge in [0.2, 0.25) is 0 Å². The van der Waals surface area contributed by atoms with E-state index in [2.05, 4.69) is 5.32 Å². The molecule has 0 spiro atoms. The summed E-state index contributed by atoms with van der Waals surface area (Å²) in [5, 5.41) is 2.69. The van der Waals surface area contributed by atoms with Gasteiger partial charge in [-0.25, -0.2) is 4.79 Å². The average molecular weight is 344 g/mol. The van der Waals surface area contributed by atoms with Gasteiger partial charge >= 0.3 is 13.1 Å². The summed E-state index contributed by atoms with van der Waals surface area (Å²) in [6.45, 7) is 11.7. The van der Waals surface area contributed by atoms with Gasteiger partial charge in [0, 0.05) is 0 Å². The van der Waals surface area contributed by atoms with E-state index in [9.17, 15) is 9.59 Å². The van der Waals surface area contributed by atoms with E-state index in [0.717, 1.165) is 11.0 Å². The van der Waals surface area contributed by atoms with Crippen LogP contribution in [0.5, 0.6) is 0 Å². The number of hydrogen-bond donors (Lipinski definition) is 1. The first-order valence-electron chi connectivity index (χ1n) is 8.51. The molecule has 0 atom stereocenters.